The van der Waals surface area contributed by atoms with E-state index in [0.29, 0.717) is 12.0 Å². The lowest BCUT2D eigenvalue weighted by Gasteiger charge is -2.09. The number of methoxy groups -OCH3 is 1. The third kappa shape index (κ3) is 3.20. The largest absolute Gasteiger partial charge is 0.494 e. The van der Waals surface area contributed by atoms with Crippen molar-refractivity contribution in [1.82, 2.24) is 0 Å². The van der Waals surface area contributed by atoms with Gasteiger partial charge < -0.3 is 9.84 Å². The molecular weight excluding hydrogens is 195 g/mol. The molecule has 0 saturated carbocycles. The Hall–Kier alpha value is -1.09. The molecule has 0 aliphatic heterocycles. The second-order valence-corrected chi connectivity index (χ2v) is 3.76. The molecule has 0 fully saturated rings. The monoisotopic (exact) mass is 212 g/mol. The van der Waals surface area contributed by atoms with E-state index in [2.05, 4.69) is 0 Å². The smallest absolute Gasteiger partial charge is 0.168 e. The van der Waals surface area contributed by atoms with Crippen LogP contribution in [0.4, 0.5) is 4.39 Å². The number of ether oxygens (including phenoxy) is 1. The van der Waals surface area contributed by atoms with Crippen molar-refractivity contribution in [2.24, 2.45) is 5.92 Å². The van der Waals surface area contributed by atoms with E-state index in [1.165, 1.54) is 7.11 Å². The minimum Gasteiger partial charge on any atom is -0.494 e. The van der Waals surface area contributed by atoms with Crippen LogP contribution in [0, 0.1) is 11.7 Å². The minimum absolute atomic E-state index is 0.144. The molecule has 1 N–H and O–H groups in total. The highest BCUT2D eigenvalue weighted by Gasteiger charge is 2.09. The van der Waals surface area contributed by atoms with E-state index < -0.39 is 0 Å². The van der Waals surface area contributed by atoms with E-state index >= 15 is 0 Å². The Labute approximate surface area is 89.7 Å². The average molecular weight is 212 g/mol. The lowest BCUT2D eigenvalue weighted by Crippen LogP contribution is -2.03. The Morgan fingerprint density at radius 2 is 2.20 bits per heavy atom. The normalized spacial score (nSPS) is 12.5. The zero-order valence-electron chi connectivity index (χ0n) is 9.16. The fourth-order valence-electron chi connectivity index (χ4n) is 1.40. The highest BCUT2D eigenvalue weighted by molar-refractivity contribution is 5.31. The van der Waals surface area contributed by atoms with E-state index in [0.717, 1.165) is 6.42 Å². The van der Waals surface area contributed by atoms with Gasteiger partial charge in [0.2, 0.25) is 0 Å². The number of rotatable bonds is 5. The third-order valence-electron chi connectivity index (χ3n) is 2.48. The summed E-state index contributed by atoms with van der Waals surface area (Å²) >= 11 is 0. The fraction of sp³-hybridized carbons (Fsp3) is 0.500. The van der Waals surface area contributed by atoms with Crippen molar-refractivity contribution >= 4 is 0 Å². The molecule has 1 aromatic carbocycles. The van der Waals surface area contributed by atoms with Crippen LogP contribution in [0.5, 0.6) is 5.75 Å². The van der Waals surface area contributed by atoms with Crippen molar-refractivity contribution in [2.75, 3.05) is 13.7 Å². The van der Waals surface area contributed by atoms with Gasteiger partial charge in [-0.15, -0.1) is 0 Å². The quantitative estimate of drug-likeness (QED) is 0.812. The Bertz CT molecular complexity index is 312. The number of halogens is 1. The summed E-state index contributed by atoms with van der Waals surface area (Å²) in [4.78, 5) is 0. The van der Waals surface area contributed by atoms with Gasteiger partial charge in [0, 0.05) is 6.61 Å². The molecule has 0 saturated heterocycles. The van der Waals surface area contributed by atoms with Crippen molar-refractivity contribution in [3.63, 3.8) is 0 Å². The molecule has 3 heteroatoms. The molecule has 15 heavy (non-hydrogen) atoms. The molecule has 0 radical (unpaired) electrons. The maximum atomic E-state index is 13.6. The van der Waals surface area contributed by atoms with Gasteiger partial charge in [-0.25, -0.2) is 4.39 Å². The highest BCUT2D eigenvalue weighted by atomic mass is 19.1. The number of hydrogen-bond donors (Lipinski definition) is 1. The van der Waals surface area contributed by atoms with Crippen LogP contribution < -0.4 is 4.74 Å². The zero-order valence-corrected chi connectivity index (χ0v) is 9.16. The number of hydrogen-bond acceptors (Lipinski definition) is 2. The van der Waals surface area contributed by atoms with Crippen LogP contribution in [0.1, 0.15) is 18.9 Å². The summed E-state index contributed by atoms with van der Waals surface area (Å²) in [7, 11) is 1.46. The first-order chi connectivity index (χ1) is 7.19. The van der Waals surface area contributed by atoms with Crippen LogP contribution in [0.3, 0.4) is 0 Å². The van der Waals surface area contributed by atoms with Gasteiger partial charge >= 0.3 is 0 Å². The Morgan fingerprint density at radius 3 is 2.80 bits per heavy atom. The molecule has 1 unspecified atom stereocenters. The predicted octanol–water partition coefficient (Wildman–Crippen LogP) is 2.40. The molecule has 0 amide bonds. The van der Waals surface area contributed by atoms with Crippen molar-refractivity contribution in [3.05, 3.63) is 29.6 Å². The zero-order chi connectivity index (χ0) is 11.3. The number of benzene rings is 1. The molecule has 0 aromatic heterocycles. The van der Waals surface area contributed by atoms with Crippen molar-refractivity contribution < 1.29 is 14.2 Å². The summed E-state index contributed by atoms with van der Waals surface area (Å²) in [6.07, 6.45) is 1.41. The van der Waals surface area contributed by atoms with Gasteiger partial charge in [-0.1, -0.05) is 19.1 Å². The van der Waals surface area contributed by atoms with E-state index in [4.69, 9.17) is 9.84 Å². The van der Waals surface area contributed by atoms with Crippen molar-refractivity contribution in [1.29, 1.82) is 0 Å². The van der Waals surface area contributed by atoms with Crippen LogP contribution in [0.25, 0.3) is 0 Å². The van der Waals surface area contributed by atoms with Crippen molar-refractivity contribution in [3.8, 4) is 5.75 Å². The molecule has 84 valence electrons. The SMILES string of the molecule is COc1cccc(CCC(C)CO)c1F. The number of aliphatic hydroxyl groups is 1. The molecule has 0 spiro atoms. The highest BCUT2D eigenvalue weighted by Crippen LogP contribution is 2.21. The Kier molecular flexibility index (Phi) is 4.56. The standard InChI is InChI=1S/C12H17FO2/c1-9(8-14)6-7-10-4-3-5-11(15-2)12(10)13/h3-5,9,14H,6-8H2,1-2H3. The molecule has 1 rings (SSSR count). The Morgan fingerprint density at radius 1 is 1.47 bits per heavy atom. The summed E-state index contributed by atoms with van der Waals surface area (Å²) < 4.78 is 18.5. The van der Waals surface area contributed by atoms with Gasteiger partial charge in [0.1, 0.15) is 0 Å². The third-order valence-corrected chi connectivity index (χ3v) is 2.48. The lowest BCUT2D eigenvalue weighted by atomic mass is 10.0. The Balaban J connectivity index is 2.68. The molecule has 2 nitrogen and oxygen atoms in total. The van der Waals surface area contributed by atoms with Gasteiger partial charge in [-0.2, -0.15) is 0 Å². The van der Waals surface area contributed by atoms with Crippen LogP contribution in [0.2, 0.25) is 0 Å². The molecular formula is C12H17FO2. The summed E-state index contributed by atoms with van der Waals surface area (Å²) in [5.41, 5.74) is 0.648. The van der Waals surface area contributed by atoms with E-state index in [-0.39, 0.29) is 24.1 Å². The summed E-state index contributed by atoms with van der Waals surface area (Å²) in [6, 6.07) is 5.14. The average Bonchev–Trinajstić information content (AvgIpc) is 2.27. The molecule has 0 aliphatic carbocycles. The second-order valence-electron chi connectivity index (χ2n) is 3.76. The first kappa shape index (κ1) is 12.0. The summed E-state index contributed by atoms with van der Waals surface area (Å²) in [5, 5.41) is 8.86. The lowest BCUT2D eigenvalue weighted by molar-refractivity contribution is 0.230. The van der Waals surface area contributed by atoms with E-state index in [9.17, 15) is 4.39 Å². The van der Waals surface area contributed by atoms with Crippen molar-refractivity contribution in [2.45, 2.75) is 19.8 Å². The summed E-state index contributed by atoms with van der Waals surface area (Å²) in [6.45, 7) is 2.09. The second kappa shape index (κ2) is 5.71. The number of aliphatic hydroxyl groups excluding tert-OH is 1. The van der Waals surface area contributed by atoms with Crippen LogP contribution >= 0.6 is 0 Å². The number of aryl methyl sites for hydroxylation is 1. The minimum atomic E-state index is -0.287. The molecule has 1 atom stereocenters. The van der Waals surface area contributed by atoms with E-state index in [1.54, 1.807) is 18.2 Å². The fourth-order valence-corrected chi connectivity index (χ4v) is 1.40. The molecule has 1 aromatic rings. The van der Waals surface area contributed by atoms with Crippen LogP contribution in [-0.2, 0) is 6.42 Å². The topological polar surface area (TPSA) is 29.5 Å². The maximum Gasteiger partial charge on any atom is 0.168 e. The molecule has 0 heterocycles. The van der Waals surface area contributed by atoms with Crippen LogP contribution in [0.15, 0.2) is 18.2 Å². The van der Waals surface area contributed by atoms with Gasteiger partial charge in [-0.3, -0.25) is 0 Å². The maximum absolute atomic E-state index is 13.6. The van der Waals surface area contributed by atoms with Gasteiger partial charge in [0.15, 0.2) is 11.6 Å². The first-order valence-electron chi connectivity index (χ1n) is 5.11. The predicted molar refractivity (Wildman–Crippen MR) is 57.5 cm³/mol. The van der Waals surface area contributed by atoms with Crippen LogP contribution in [-0.4, -0.2) is 18.8 Å². The molecule has 0 aliphatic rings. The van der Waals surface area contributed by atoms with E-state index in [1.807, 2.05) is 6.92 Å². The molecule has 0 bridgehead atoms. The van der Waals surface area contributed by atoms with Gasteiger partial charge in [0.25, 0.3) is 0 Å². The summed E-state index contributed by atoms with van der Waals surface area (Å²) in [5.74, 6) is 0.199. The van der Waals surface area contributed by atoms with Gasteiger partial charge in [0.05, 0.1) is 7.11 Å². The first-order valence-corrected chi connectivity index (χ1v) is 5.11. The van der Waals surface area contributed by atoms with Gasteiger partial charge in [-0.05, 0) is 30.4 Å².